The number of hydrogen-bond acceptors (Lipinski definition) is 8. The number of carbonyl (C=O) groups is 1. The summed E-state index contributed by atoms with van der Waals surface area (Å²) < 4.78 is 7.75. The van der Waals surface area contributed by atoms with Gasteiger partial charge in [0.2, 0.25) is 5.91 Å². The van der Waals surface area contributed by atoms with Gasteiger partial charge in [-0.25, -0.2) is 9.48 Å². The summed E-state index contributed by atoms with van der Waals surface area (Å²) in [5, 5.41) is 28.8. The Morgan fingerprint density at radius 2 is 2.21 bits per heavy atom. The van der Waals surface area contributed by atoms with Crippen LogP contribution < -0.4 is 16.6 Å². The van der Waals surface area contributed by atoms with Crippen molar-refractivity contribution in [3.8, 4) is 6.07 Å². The van der Waals surface area contributed by atoms with Gasteiger partial charge in [-0.1, -0.05) is 5.21 Å². The summed E-state index contributed by atoms with van der Waals surface area (Å²) in [5.74, 6) is -0.423. The van der Waals surface area contributed by atoms with Crippen LogP contribution in [-0.4, -0.2) is 55.3 Å². The zero-order valence-electron chi connectivity index (χ0n) is 15.5. The van der Waals surface area contributed by atoms with Crippen molar-refractivity contribution in [2.45, 2.75) is 32.5 Å². The average Bonchev–Trinajstić information content (AvgIpc) is 3.14. The first-order chi connectivity index (χ1) is 13.4. The molecule has 12 nitrogen and oxygen atoms in total. The number of amides is 1. The topological polar surface area (TPSA) is 168 Å². The molecule has 12 heteroatoms. The van der Waals surface area contributed by atoms with Gasteiger partial charge in [0.1, 0.15) is 17.3 Å². The zero-order chi connectivity index (χ0) is 20.7. The largest absolute Gasteiger partial charge is 0.387 e. The number of aromatic amines is 1. The highest BCUT2D eigenvalue weighted by Gasteiger charge is 2.23. The first kappa shape index (κ1) is 21.0. The van der Waals surface area contributed by atoms with Gasteiger partial charge >= 0.3 is 5.69 Å². The summed E-state index contributed by atoms with van der Waals surface area (Å²) in [5.41, 5.74) is -1.32. The molecule has 1 amide bonds. The minimum atomic E-state index is -0.828. The number of nitriles is 1. The Hall–Kier alpha value is -3.30. The van der Waals surface area contributed by atoms with E-state index in [0.717, 1.165) is 10.8 Å². The Bertz CT molecular complexity index is 969. The van der Waals surface area contributed by atoms with Crippen molar-refractivity contribution < 1.29 is 14.6 Å². The molecule has 0 aromatic carbocycles. The highest BCUT2D eigenvalue weighted by Crippen LogP contribution is 2.12. The second-order valence-electron chi connectivity index (χ2n) is 5.87. The third-order valence-corrected chi connectivity index (χ3v) is 3.84. The van der Waals surface area contributed by atoms with Crippen LogP contribution in [0.5, 0.6) is 0 Å². The lowest BCUT2D eigenvalue weighted by atomic mass is 10.2. The number of hydrogen-bond donors (Lipinski definition) is 3. The van der Waals surface area contributed by atoms with Crippen molar-refractivity contribution in [3.05, 3.63) is 44.5 Å². The smallest absolute Gasteiger partial charge is 0.328 e. The van der Waals surface area contributed by atoms with Gasteiger partial charge in [-0.05, 0) is 13.8 Å². The molecule has 28 heavy (non-hydrogen) atoms. The van der Waals surface area contributed by atoms with Gasteiger partial charge in [0.15, 0.2) is 6.04 Å². The van der Waals surface area contributed by atoms with Crippen molar-refractivity contribution in [1.82, 2.24) is 29.9 Å². The Morgan fingerprint density at radius 1 is 1.46 bits per heavy atom. The van der Waals surface area contributed by atoms with Gasteiger partial charge in [0.25, 0.3) is 5.56 Å². The Labute approximate surface area is 159 Å². The molecule has 2 heterocycles. The van der Waals surface area contributed by atoms with Crippen molar-refractivity contribution >= 4 is 5.91 Å². The molecular formula is C16H21N7O5. The molecule has 0 aliphatic rings. The summed E-state index contributed by atoms with van der Waals surface area (Å²) in [7, 11) is 0. The number of aliphatic hydroxyl groups excluding tert-OH is 1. The van der Waals surface area contributed by atoms with Gasteiger partial charge < -0.3 is 15.2 Å². The van der Waals surface area contributed by atoms with E-state index in [9.17, 15) is 19.5 Å². The van der Waals surface area contributed by atoms with Gasteiger partial charge in [0.05, 0.1) is 18.9 Å². The summed E-state index contributed by atoms with van der Waals surface area (Å²) in [6.07, 6.45) is 1.77. The van der Waals surface area contributed by atoms with E-state index < -0.39 is 29.3 Å². The molecule has 0 fully saturated rings. The average molecular weight is 391 g/mol. The Balaban J connectivity index is 2.06. The van der Waals surface area contributed by atoms with Crippen molar-refractivity contribution in [1.29, 1.82) is 5.26 Å². The predicted molar refractivity (Wildman–Crippen MR) is 95.2 cm³/mol. The van der Waals surface area contributed by atoms with E-state index in [1.807, 2.05) is 4.98 Å². The Kier molecular flexibility index (Phi) is 7.19. The monoisotopic (exact) mass is 391 g/mol. The zero-order valence-corrected chi connectivity index (χ0v) is 15.5. The standard InChI is InChI=1S/C16H21N7O5/c1-3-28-9-13(23-8-12(10(2)24)20-21-23)15(26)18-4-5-22-7-11(6-17)14(25)19-16(22)27/h7-8,10,13,24H,3-5,9H2,1-2H3,(H,18,26)(H,19,25,27). The lowest BCUT2D eigenvalue weighted by Crippen LogP contribution is -2.39. The van der Waals surface area contributed by atoms with Crippen LogP contribution in [0.25, 0.3) is 0 Å². The molecule has 0 saturated heterocycles. The fraction of sp³-hybridized carbons (Fsp3) is 0.500. The maximum atomic E-state index is 12.5. The summed E-state index contributed by atoms with van der Waals surface area (Å²) in [4.78, 5) is 37.7. The molecule has 0 radical (unpaired) electrons. The van der Waals surface area contributed by atoms with Crippen LogP contribution in [-0.2, 0) is 16.1 Å². The Morgan fingerprint density at radius 3 is 2.82 bits per heavy atom. The number of ether oxygens (including phenoxy) is 1. The van der Waals surface area contributed by atoms with Crippen molar-refractivity contribution in [3.63, 3.8) is 0 Å². The van der Waals surface area contributed by atoms with Gasteiger partial charge in [-0.2, -0.15) is 5.26 Å². The lowest BCUT2D eigenvalue weighted by molar-refractivity contribution is -0.126. The van der Waals surface area contributed by atoms with Gasteiger partial charge in [-0.15, -0.1) is 5.10 Å². The highest BCUT2D eigenvalue weighted by molar-refractivity contribution is 5.80. The van der Waals surface area contributed by atoms with Crippen LogP contribution in [0.3, 0.4) is 0 Å². The minimum Gasteiger partial charge on any atom is -0.387 e. The van der Waals surface area contributed by atoms with E-state index >= 15 is 0 Å². The quantitative estimate of drug-likeness (QED) is 0.461. The lowest BCUT2D eigenvalue weighted by Gasteiger charge is -2.17. The highest BCUT2D eigenvalue weighted by atomic mass is 16.5. The third kappa shape index (κ3) is 5.12. The SMILES string of the molecule is CCOCC(C(=O)NCCn1cc(C#N)c(=O)[nH]c1=O)n1cc(C(C)O)nn1. The van der Waals surface area contributed by atoms with E-state index in [0.29, 0.717) is 12.3 Å². The molecule has 0 spiro atoms. The summed E-state index contributed by atoms with van der Waals surface area (Å²) in [6, 6.07) is 0.872. The number of rotatable bonds is 9. The summed E-state index contributed by atoms with van der Waals surface area (Å²) >= 11 is 0. The first-order valence-corrected chi connectivity index (χ1v) is 8.56. The fourth-order valence-corrected chi connectivity index (χ4v) is 2.31. The van der Waals surface area contributed by atoms with E-state index in [4.69, 9.17) is 10.00 Å². The number of aliphatic hydroxyl groups is 1. The van der Waals surface area contributed by atoms with Gasteiger partial charge in [0, 0.05) is 25.9 Å². The van der Waals surface area contributed by atoms with E-state index in [1.165, 1.54) is 17.8 Å². The number of nitrogens with zero attached hydrogens (tertiary/aromatic N) is 5. The van der Waals surface area contributed by atoms with Crippen LogP contribution in [0.15, 0.2) is 22.0 Å². The molecule has 0 aliphatic carbocycles. The predicted octanol–water partition coefficient (Wildman–Crippen LogP) is -1.55. The number of carbonyl (C=O) groups excluding carboxylic acids is 1. The molecule has 150 valence electrons. The molecule has 2 aromatic heterocycles. The molecule has 2 unspecified atom stereocenters. The normalized spacial score (nSPS) is 12.9. The molecule has 2 rings (SSSR count). The van der Waals surface area contributed by atoms with Crippen molar-refractivity contribution in [2.24, 2.45) is 0 Å². The second-order valence-corrected chi connectivity index (χ2v) is 5.87. The first-order valence-electron chi connectivity index (χ1n) is 8.56. The van der Waals surface area contributed by atoms with Crippen LogP contribution in [0.4, 0.5) is 0 Å². The molecule has 3 N–H and O–H groups in total. The van der Waals surface area contributed by atoms with Crippen LogP contribution in [0.2, 0.25) is 0 Å². The molecular weight excluding hydrogens is 370 g/mol. The van der Waals surface area contributed by atoms with Gasteiger partial charge in [-0.3, -0.25) is 19.1 Å². The van der Waals surface area contributed by atoms with Crippen LogP contribution >= 0.6 is 0 Å². The van der Waals surface area contributed by atoms with Crippen LogP contribution in [0.1, 0.15) is 37.3 Å². The molecule has 2 atom stereocenters. The van der Waals surface area contributed by atoms with E-state index in [1.54, 1.807) is 13.0 Å². The second kappa shape index (κ2) is 9.58. The molecule has 2 aromatic rings. The molecule has 0 aliphatic heterocycles. The van der Waals surface area contributed by atoms with Crippen molar-refractivity contribution in [2.75, 3.05) is 19.8 Å². The molecule has 0 saturated carbocycles. The van der Waals surface area contributed by atoms with E-state index in [-0.39, 0.29) is 25.3 Å². The third-order valence-electron chi connectivity index (χ3n) is 3.84. The van der Waals surface area contributed by atoms with E-state index in [2.05, 4.69) is 15.6 Å². The maximum Gasteiger partial charge on any atom is 0.328 e. The number of nitrogens with one attached hydrogen (secondary N) is 2. The number of H-pyrrole nitrogens is 1. The van der Waals surface area contributed by atoms with Crippen LogP contribution in [0, 0.1) is 11.3 Å². The minimum absolute atomic E-state index is 0.0438. The fourth-order valence-electron chi connectivity index (χ4n) is 2.31. The summed E-state index contributed by atoms with van der Waals surface area (Å²) in [6.45, 7) is 3.87. The maximum absolute atomic E-state index is 12.5. The molecule has 0 bridgehead atoms. The number of aromatic nitrogens is 5.